The third kappa shape index (κ3) is 2.70. The molecule has 0 saturated heterocycles. The van der Waals surface area contributed by atoms with E-state index in [4.69, 9.17) is 10.3 Å². The van der Waals surface area contributed by atoms with Crippen LogP contribution in [0, 0.1) is 10.1 Å². The van der Waals surface area contributed by atoms with Gasteiger partial charge in [0, 0.05) is 17.0 Å². The second-order valence-electron chi connectivity index (χ2n) is 4.11. The highest BCUT2D eigenvalue weighted by Gasteiger charge is 2.28. The van der Waals surface area contributed by atoms with Crippen molar-refractivity contribution in [2.45, 2.75) is 31.4 Å². The zero-order chi connectivity index (χ0) is 13.0. The fourth-order valence-electron chi connectivity index (χ4n) is 2.06. The van der Waals surface area contributed by atoms with Crippen molar-refractivity contribution in [1.29, 1.82) is 0 Å². The minimum absolute atomic E-state index is 0.0281. The van der Waals surface area contributed by atoms with Crippen molar-refractivity contribution in [1.82, 2.24) is 0 Å². The average molecular weight is 248 g/mol. The van der Waals surface area contributed by atoms with Gasteiger partial charge in [-0.05, 0) is 36.9 Å². The van der Waals surface area contributed by atoms with Crippen LogP contribution >= 0.6 is 0 Å². The largest absolute Gasteiger partial charge is 0.490 e. The standard InChI is InChI=1S/C11H12N4O3/c12-14-13-10-2-1-3-11(10)18-9-6-4-8(5-7-9)15(16)17/h4-7,10-11H,1-3H2/t10-,11-/m1/s1. The Bertz CT molecular complexity index is 482. The zero-order valence-electron chi connectivity index (χ0n) is 9.60. The van der Waals surface area contributed by atoms with Gasteiger partial charge in [-0.2, -0.15) is 0 Å². The Morgan fingerprint density at radius 1 is 1.39 bits per heavy atom. The summed E-state index contributed by atoms with van der Waals surface area (Å²) < 4.78 is 5.69. The van der Waals surface area contributed by atoms with Crippen molar-refractivity contribution in [3.63, 3.8) is 0 Å². The maximum atomic E-state index is 10.5. The molecule has 0 radical (unpaired) electrons. The van der Waals surface area contributed by atoms with Crippen molar-refractivity contribution >= 4 is 5.69 Å². The summed E-state index contributed by atoms with van der Waals surface area (Å²) in [6, 6.07) is 5.76. The predicted octanol–water partition coefficient (Wildman–Crippen LogP) is 3.21. The van der Waals surface area contributed by atoms with E-state index in [2.05, 4.69) is 10.0 Å². The SMILES string of the molecule is [N-]=[N+]=N[C@@H]1CCC[C@H]1Oc1ccc([N+](=O)[O-])cc1. The van der Waals surface area contributed by atoms with E-state index in [-0.39, 0.29) is 17.8 Å². The summed E-state index contributed by atoms with van der Waals surface area (Å²) in [6.45, 7) is 0. The van der Waals surface area contributed by atoms with Gasteiger partial charge in [0.15, 0.2) is 0 Å². The first kappa shape index (κ1) is 12.2. The Kier molecular flexibility index (Phi) is 3.64. The summed E-state index contributed by atoms with van der Waals surface area (Å²) in [7, 11) is 0. The Balaban J connectivity index is 2.04. The smallest absolute Gasteiger partial charge is 0.269 e. The first-order chi connectivity index (χ1) is 8.70. The summed E-state index contributed by atoms with van der Waals surface area (Å²) in [5, 5.41) is 14.2. The molecule has 1 fully saturated rings. The molecule has 1 aliphatic rings. The minimum atomic E-state index is -0.456. The molecule has 18 heavy (non-hydrogen) atoms. The lowest BCUT2D eigenvalue weighted by atomic mass is 10.2. The van der Waals surface area contributed by atoms with Crippen molar-refractivity contribution in [2.24, 2.45) is 5.11 Å². The van der Waals surface area contributed by atoms with Crippen LogP contribution in [-0.2, 0) is 0 Å². The van der Waals surface area contributed by atoms with Crippen molar-refractivity contribution in [3.05, 3.63) is 44.8 Å². The highest BCUT2D eigenvalue weighted by Crippen LogP contribution is 2.28. The van der Waals surface area contributed by atoms with Crippen LogP contribution in [-0.4, -0.2) is 17.1 Å². The van der Waals surface area contributed by atoms with Crippen LogP contribution in [0.15, 0.2) is 29.4 Å². The number of rotatable bonds is 4. The molecule has 94 valence electrons. The average Bonchev–Trinajstić information content (AvgIpc) is 2.78. The quantitative estimate of drug-likeness (QED) is 0.269. The molecule has 7 heteroatoms. The first-order valence-electron chi connectivity index (χ1n) is 5.66. The molecular formula is C11H12N4O3. The van der Waals surface area contributed by atoms with Crippen LogP contribution in [0.1, 0.15) is 19.3 Å². The maximum Gasteiger partial charge on any atom is 0.269 e. The van der Waals surface area contributed by atoms with Crippen molar-refractivity contribution in [2.75, 3.05) is 0 Å². The number of hydrogen-bond acceptors (Lipinski definition) is 4. The first-order valence-corrected chi connectivity index (χ1v) is 5.66. The van der Waals surface area contributed by atoms with Gasteiger partial charge in [0.05, 0.1) is 11.0 Å². The zero-order valence-corrected chi connectivity index (χ0v) is 9.60. The Labute approximate surface area is 103 Å². The number of nitro groups is 1. The summed E-state index contributed by atoms with van der Waals surface area (Å²) in [5.74, 6) is 0.561. The highest BCUT2D eigenvalue weighted by molar-refractivity contribution is 5.36. The lowest BCUT2D eigenvalue weighted by Gasteiger charge is -2.17. The van der Waals surface area contributed by atoms with E-state index >= 15 is 0 Å². The van der Waals surface area contributed by atoms with E-state index in [1.165, 1.54) is 12.1 Å². The number of ether oxygens (including phenoxy) is 1. The van der Waals surface area contributed by atoms with Gasteiger partial charge >= 0.3 is 0 Å². The fraction of sp³-hybridized carbons (Fsp3) is 0.455. The maximum absolute atomic E-state index is 10.5. The van der Waals surface area contributed by atoms with E-state index in [1.54, 1.807) is 12.1 Å². The van der Waals surface area contributed by atoms with Crippen LogP contribution in [0.2, 0.25) is 0 Å². The van der Waals surface area contributed by atoms with E-state index in [0.717, 1.165) is 19.3 Å². The molecule has 0 bridgehead atoms. The number of hydrogen-bond donors (Lipinski definition) is 0. The molecule has 0 spiro atoms. The number of nitro benzene ring substituents is 1. The molecule has 2 atom stereocenters. The normalized spacial score (nSPS) is 22.2. The van der Waals surface area contributed by atoms with Gasteiger partial charge in [-0.15, -0.1) is 0 Å². The van der Waals surface area contributed by atoms with E-state index in [0.29, 0.717) is 5.75 Å². The second-order valence-corrected chi connectivity index (χ2v) is 4.11. The van der Waals surface area contributed by atoms with Gasteiger partial charge in [-0.3, -0.25) is 10.1 Å². The molecular weight excluding hydrogens is 236 g/mol. The molecule has 0 aliphatic heterocycles. The third-order valence-electron chi connectivity index (χ3n) is 2.95. The van der Waals surface area contributed by atoms with Crippen LogP contribution in [0.25, 0.3) is 10.4 Å². The topological polar surface area (TPSA) is 101 Å². The fourth-order valence-corrected chi connectivity index (χ4v) is 2.06. The molecule has 0 unspecified atom stereocenters. The minimum Gasteiger partial charge on any atom is -0.490 e. The van der Waals surface area contributed by atoms with Gasteiger partial charge < -0.3 is 4.74 Å². The van der Waals surface area contributed by atoms with E-state index in [9.17, 15) is 10.1 Å². The third-order valence-corrected chi connectivity index (χ3v) is 2.95. The van der Waals surface area contributed by atoms with Gasteiger partial charge in [-0.25, -0.2) is 0 Å². The molecule has 1 aromatic carbocycles. The molecule has 0 aromatic heterocycles. The number of nitrogens with zero attached hydrogens (tertiary/aromatic N) is 4. The van der Waals surface area contributed by atoms with Gasteiger partial charge in [0.2, 0.25) is 0 Å². The van der Waals surface area contributed by atoms with Crippen LogP contribution in [0.5, 0.6) is 5.75 Å². The monoisotopic (exact) mass is 248 g/mol. The molecule has 0 amide bonds. The summed E-state index contributed by atoms with van der Waals surface area (Å²) in [6.07, 6.45) is 2.48. The summed E-state index contributed by atoms with van der Waals surface area (Å²) in [4.78, 5) is 12.8. The van der Waals surface area contributed by atoms with Crippen molar-refractivity contribution in [3.8, 4) is 5.75 Å². The lowest BCUT2D eigenvalue weighted by molar-refractivity contribution is -0.384. The van der Waals surface area contributed by atoms with Crippen LogP contribution in [0.3, 0.4) is 0 Å². The highest BCUT2D eigenvalue weighted by atomic mass is 16.6. The Morgan fingerprint density at radius 2 is 2.11 bits per heavy atom. The number of azide groups is 1. The van der Waals surface area contributed by atoms with E-state index in [1.807, 2.05) is 0 Å². The molecule has 1 saturated carbocycles. The molecule has 1 aromatic rings. The molecule has 0 heterocycles. The van der Waals surface area contributed by atoms with E-state index < -0.39 is 4.92 Å². The van der Waals surface area contributed by atoms with Gasteiger partial charge in [0.25, 0.3) is 5.69 Å². The Morgan fingerprint density at radius 3 is 2.72 bits per heavy atom. The Hall–Kier alpha value is -2.27. The van der Waals surface area contributed by atoms with Crippen LogP contribution < -0.4 is 4.74 Å². The second kappa shape index (κ2) is 5.37. The molecule has 0 N–H and O–H groups in total. The summed E-state index contributed by atoms with van der Waals surface area (Å²) in [5.41, 5.74) is 8.46. The lowest BCUT2D eigenvalue weighted by Crippen LogP contribution is -2.23. The van der Waals surface area contributed by atoms with Crippen LogP contribution in [0.4, 0.5) is 5.69 Å². The molecule has 7 nitrogen and oxygen atoms in total. The number of benzene rings is 1. The number of non-ortho nitro benzene ring substituents is 1. The van der Waals surface area contributed by atoms with Crippen molar-refractivity contribution < 1.29 is 9.66 Å². The molecule has 1 aliphatic carbocycles. The van der Waals surface area contributed by atoms with Gasteiger partial charge in [0.1, 0.15) is 11.9 Å². The molecule has 2 rings (SSSR count). The predicted molar refractivity (Wildman–Crippen MR) is 64.3 cm³/mol. The summed E-state index contributed by atoms with van der Waals surface area (Å²) >= 11 is 0. The van der Waals surface area contributed by atoms with Gasteiger partial charge in [-0.1, -0.05) is 5.11 Å².